The topological polar surface area (TPSA) is 21.3 Å². The van der Waals surface area contributed by atoms with E-state index in [1.165, 1.54) is 27.8 Å². The fourth-order valence-corrected chi connectivity index (χ4v) is 2.39. The van der Waals surface area contributed by atoms with Gasteiger partial charge in [-0.1, -0.05) is 31.2 Å². The summed E-state index contributed by atoms with van der Waals surface area (Å²) in [5.41, 5.74) is 6.27. The van der Waals surface area contributed by atoms with Gasteiger partial charge in [-0.25, -0.2) is 0 Å². The van der Waals surface area contributed by atoms with Crippen molar-refractivity contribution < 1.29 is 4.74 Å². The third-order valence-corrected chi connectivity index (χ3v) is 3.59. The largest absolute Gasteiger partial charge is 0.496 e. The molecule has 0 aliphatic carbocycles. The molecule has 0 aliphatic heterocycles. The van der Waals surface area contributed by atoms with Gasteiger partial charge in [0.2, 0.25) is 0 Å². The average Bonchev–Trinajstić information content (AvgIpc) is 2.47. The Balaban J connectivity index is 2.29. The Labute approximate surface area is 121 Å². The van der Waals surface area contributed by atoms with Crippen LogP contribution in [-0.2, 0) is 6.54 Å². The number of hydrogen-bond acceptors (Lipinski definition) is 2. The Morgan fingerprint density at radius 2 is 1.70 bits per heavy atom. The molecule has 0 unspecified atom stereocenters. The first-order chi connectivity index (χ1) is 9.65. The number of methoxy groups -OCH3 is 1. The number of hydrogen-bond donors (Lipinski definition) is 1. The summed E-state index contributed by atoms with van der Waals surface area (Å²) in [6, 6.07) is 13.1. The van der Waals surface area contributed by atoms with Crippen LogP contribution in [0.15, 0.2) is 36.4 Å². The van der Waals surface area contributed by atoms with Crippen LogP contribution in [0.3, 0.4) is 0 Å². The molecule has 0 amide bonds. The number of nitrogens with one attached hydrogen (secondary N) is 1. The summed E-state index contributed by atoms with van der Waals surface area (Å²) in [7, 11) is 1.72. The van der Waals surface area contributed by atoms with Gasteiger partial charge >= 0.3 is 0 Å². The van der Waals surface area contributed by atoms with E-state index in [1.54, 1.807) is 7.11 Å². The minimum atomic E-state index is 0.928. The summed E-state index contributed by atoms with van der Waals surface area (Å²) in [5.74, 6) is 0.954. The van der Waals surface area contributed by atoms with Crippen molar-refractivity contribution in [3.8, 4) is 16.9 Å². The molecule has 0 radical (unpaired) electrons. The summed E-state index contributed by atoms with van der Waals surface area (Å²) < 4.78 is 5.37. The zero-order chi connectivity index (χ0) is 14.5. The Morgan fingerprint density at radius 3 is 2.30 bits per heavy atom. The molecular formula is C18H23NO. The fraction of sp³-hybridized carbons (Fsp3) is 0.333. The maximum atomic E-state index is 5.37. The monoisotopic (exact) mass is 269 g/mol. The molecule has 2 heteroatoms. The van der Waals surface area contributed by atoms with E-state index in [1.807, 2.05) is 0 Å². The Morgan fingerprint density at radius 1 is 1.00 bits per heavy atom. The van der Waals surface area contributed by atoms with Gasteiger partial charge in [0, 0.05) is 6.54 Å². The normalized spacial score (nSPS) is 10.6. The predicted octanol–water partition coefficient (Wildman–Crippen LogP) is 4.09. The maximum Gasteiger partial charge on any atom is 0.122 e. The Hall–Kier alpha value is -1.80. The van der Waals surface area contributed by atoms with Crippen LogP contribution in [0.5, 0.6) is 5.75 Å². The van der Waals surface area contributed by atoms with Gasteiger partial charge in [-0.15, -0.1) is 0 Å². The van der Waals surface area contributed by atoms with Crippen molar-refractivity contribution in [3.05, 3.63) is 53.1 Å². The van der Waals surface area contributed by atoms with E-state index in [4.69, 9.17) is 4.74 Å². The van der Waals surface area contributed by atoms with E-state index in [0.29, 0.717) is 0 Å². The zero-order valence-corrected chi connectivity index (χ0v) is 12.8. The van der Waals surface area contributed by atoms with Gasteiger partial charge in [0.25, 0.3) is 0 Å². The first-order valence-electron chi connectivity index (χ1n) is 7.11. The quantitative estimate of drug-likeness (QED) is 0.882. The van der Waals surface area contributed by atoms with Gasteiger partial charge in [0.15, 0.2) is 0 Å². The van der Waals surface area contributed by atoms with Gasteiger partial charge in [-0.05, 0) is 60.3 Å². The van der Waals surface area contributed by atoms with E-state index in [9.17, 15) is 0 Å². The molecular weight excluding hydrogens is 246 g/mol. The third-order valence-electron chi connectivity index (χ3n) is 3.59. The van der Waals surface area contributed by atoms with Crippen LogP contribution in [0.1, 0.15) is 23.6 Å². The summed E-state index contributed by atoms with van der Waals surface area (Å²) in [4.78, 5) is 0. The van der Waals surface area contributed by atoms with Crippen molar-refractivity contribution in [2.75, 3.05) is 13.7 Å². The van der Waals surface area contributed by atoms with Crippen molar-refractivity contribution in [3.63, 3.8) is 0 Å². The molecule has 0 aromatic heterocycles. The predicted molar refractivity (Wildman–Crippen MR) is 85.3 cm³/mol. The first kappa shape index (κ1) is 14.6. The molecule has 2 rings (SSSR count). The number of aryl methyl sites for hydroxylation is 2. The molecule has 0 fully saturated rings. The van der Waals surface area contributed by atoms with Crippen LogP contribution in [0, 0.1) is 13.8 Å². The highest BCUT2D eigenvalue weighted by molar-refractivity contribution is 5.69. The molecule has 0 aliphatic rings. The van der Waals surface area contributed by atoms with Crippen molar-refractivity contribution in [1.29, 1.82) is 0 Å². The lowest BCUT2D eigenvalue weighted by atomic mass is 9.97. The minimum Gasteiger partial charge on any atom is -0.496 e. The lowest BCUT2D eigenvalue weighted by Gasteiger charge is -2.12. The first-order valence-corrected chi connectivity index (χ1v) is 7.11. The highest BCUT2D eigenvalue weighted by Gasteiger charge is 2.07. The molecule has 106 valence electrons. The van der Waals surface area contributed by atoms with Crippen LogP contribution >= 0.6 is 0 Å². The molecule has 1 N–H and O–H groups in total. The highest BCUT2D eigenvalue weighted by atomic mass is 16.5. The summed E-state index contributed by atoms with van der Waals surface area (Å²) in [5, 5.41) is 3.34. The SMILES string of the molecule is CCNCc1ccc(-c2cc(C)c(OC)cc2C)cc1. The fourth-order valence-electron chi connectivity index (χ4n) is 2.39. The molecule has 2 aromatic carbocycles. The second kappa shape index (κ2) is 6.58. The van der Waals surface area contributed by atoms with Crippen LogP contribution < -0.4 is 10.1 Å². The van der Waals surface area contributed by atoms with Crippen molar-refractivity contribution in [1.82, 2.24) is 5.32 Å². The van der Waals surface area contributed by atoms with Gasteiger partial charge in [-0.3, -0.25) is 0 Å². The van der Waals surface area contributed by atoms with Crippen LogP contribution in [0.2, 0.25) is 0 Å². The summed E-state index contributed by atoms with van der Waals surface area (Å²) in [6.45, 7) is 8.26. The highest BCUT2D eigenvalue weighted by Crippen LogP contribution is 2.30. The van der Waals surface area contributed by atoms with E-state index < -0.39 is 0 Å². The van der Waals surface area contributed by atoms with E-state index in [2.05, 4.69) is 62.5 Å². The standard InChI is InChI=1S/C18H23NO/c1-5-19-12-15-6-8-16(9-7-15)17-10-14(3)18(20-4)11-13(17)2/h6-11,19H,5,12H2,1-4H3. The van der Waals surface area contributed by atoms with Crippen molar-refractivity contribution >= 4 is 0 Å². The minimum absolute atomic E-state index is 0.928. The molecule has 2 nitrogen and oxygen atoms in total. The summed E-state index contributed by atoms with van der Waals surface area (Å²) in [6.07, 6.45) is 0. The van der Waals surface area contributed by atoms with Crippen molar-refractivity contribution in [2.45, 2.75) is 27.3 Å². The maximum absolute atomic E-state index is 5.37. The lowest BCUT2D eigenvalue weighted by molar-refractivity contribution is 0.411. The van der Waals surface area contributed by atoms with Crippen LogP contribution in [0.25, 0.3) is 11.1 Å². The molecule has 20 heavy (non-hydrogen) atoms. The lowest BCUT2D eigenvalue weighted by Crippen LogP contribution is -2.11. The number of rotatable bonds is 5. The van der Waals surface area contributed by atoms with Gasteiger partial charge in [-0.2, -0.15) is 0 Å². The van der Waals surface area contributed by atoms with Gasteiger partial charge in [0.1, 0.15) is 5.75 Å². The number of benzene rings is 2. The second-order valence-corrected chi connectivity index (χ2v) is 5.11. The second-order valence-electron chi connectivity index (χ2n) is 5.11. The molecule has 0 atom stereocenters. The number of ether oxygens (including phenoxy) is 1. The van der Waals surface area contributed by atoms with E-state index in [0.717, 1.165) is 18.8 Å². The van der Waals surface area contributed by atoms with Crippen LogP contribution in [-0.4, -0.2) is 13.7 Å². The average molecular weight is 269 g/mol. The molecule has 2 aromatic rings. The third kappa shape index (κ3) is 3.20. The van der Waals surface area contributed by atoms with E-state index in [-0.39, 0.29) is 0 Å². The molecule has 0 spiro atoms. The smallest absolute Gasteiger partial charge is 0.122 e. The zero-order valence-electron chi connectivity index (χ0n) is 12.8. The van der Waals surface area contributed by atoms with Gasteiger partial charge < -0.3 is 10.1 Å². The Kier molecular flexibility index (Phi) is 4.80. The van der Waals surface area contributed by atoms with Gasteiger partial charge in [0.05, 0.1) is 7.11 Å². The van der Waals surface area contributed by atoms with Crippen LogP contribution in [0.4, 0.5) is 0 Å². The van der Waals surface area contributed by atoms with Crippen molar-refractivity contribution in [2.24, 2.45) is 0 Å². The molecule has 0 bridgehead atoms. The molecule has 0 heterocycles. The van der Waals surface area contributed by atoms with E-state index >= 15 is 0 Å². The molecule has 0 saturated heterocycles. The summed E-state index contributed by atoms with van der Waals surface area (Å²) >= 11 is 0. The molecule has 0 saturated carbocycles. The Bertz CT molecular complexity index is 573.